The van der Waals surface area contributed by atoms with E-state index in [4.69, 9.17) is 0 Å². The molecule has 1 saturated heterocycles. The zero-order valence-electron chi connectivity index (χ0n) is 16.1. The molecule has 3 rings (SSSR count). The first kappa shape index (κ1) is 20.8. The van der Waals surface area contributed by atoms with Crippen LogP contribution in [-0.4, -0.2) is 55.6 Å². The van der Waals surface area contributed by atoms with Crippen LogP contribution < -0.4 is 5.32 Å². The number of carbonyl (C=O) groups is 2. The van der Waals surface area contributed by atoms with Gasteiger partial charge in [-0.2, -0.15) is 4.31 Å². The zero-order valence-corrected chi connectivity index (χ0v) is 16.9. The molecule has 0 bridgehead atoms. The number of rotatable bonds is 5. The molecule has 0 unspecified atom stereocenters. The van der Waals surface area contributed by atoms with Crippen molar-refractivity contribution >= 4 is 27.5 Å². The Labute approximate surface area is 170 Å². The molecule has 1 aliphatic heterocycles. The van der Waals surface area contributed by atoms with Crippen LogP contribution in [0.4, 0.5) is 5.69 Å². The van der Waals surface area contributed by atoms with Gasteiger partial charge in [-0.3, -0.25) is 9.59 Å². The predicted octanol–water partition coefficient (Wildman–Crippen LogP) is 2.02. The van der Waals surface area contributed by atoms with Gasteiger partial charge >= 0.3 is 0 Å². The van der Waals surface area contributed by atoms with Crippen LogP contribution in [-0.2, 0) is 19.6 Å². The van der Waals surface area contributed by atoms with Gasteiger partial charge in [0.2, 0.25) is 21.8 Å². The molecule has 1 N–H and O–H groups in total. The van der Waals surface area contributed by atoms with E-state index >= 15 is 0 Å². The van der Waals surface area contributed by atoms with E-state index < -0.39 is 15.9 Å². The van der Waals surface area contributed by atoms with Crippen LogP contribution in [0.1, 0.15) is 5.56 Å². The van der Waals surface area contributed by atoms with Crippen molar-refractivity contribution in [3.05, 3.63) is 72.3 Å². The average Bonchev–Trinajstić information content (AvgIpc) is 2.73. The number of anilines is 1. The maximum Gasteiger partial charge on any atom is 0.248 e. The highest BCUT2D eigenvalue weighted by molar-refractivity contribution is 7.89. The molecule has 7 nitrogen and oxygen atoms in total. The molecule has 0 spiro atoms. The monoisotopic (exact) mass is 413 g/mol. The van der Waals surface area contributed by atoms with E-state index in [0.29, 0.717) is 5.69 Å². The molecule has 0 aliphatic carbocycles. The van der Waals surface area contributed by atoms with Crippen LogP contribution in [0.5, 0.6) is 0 Å². The summed E-state index contributed by atoms with van der Waals surface area (Å²) in [5, 5.41) is 2.70. The van der Waals surface area contributed by atoms with Gasteiger partial charge in [-0.15, -0.1) is 0 Å². The standard InChI is InChI=1S/C21H23N3O4S/c1-17-6-5-7-18(16-17)22-20(25)10-11-21(26)23-12-14-24(15-13-23)29(27,28)19-8-3-2-4-9-19/h2-11,16H,12-15H2,1H3,(H,22,25)/b11-10+. The summed E-state index contributed by atoms with van der Waals surface area (Å²) in [4.78, 5) is 26.1. The van der Waals surface area contributed by atoms with Crippen LogP contribution in [0.2, 0.25) is 0 Å². The third kappa shape index (κ3) is 5.30. The number of nitrogens with zero attached hydrogens (tertiary/aromatic N) is 2. The fraction of sp³-hybridized carbons (Fsp3) is 0.238. The van der Waals surface area contributed by atoms with E-state index in [9.17, 15) is 18.0 Å². The number of nitrogens with one attached hydrogen (secondary N) is 1. The Hall–Kier alpha value is -2.97. The summed E-state index contributed by atoms with van der Waals surface area (Å²) in [5.74, 6) is -0.713. The molecule has 0 aromatic heterocycles. The first-order valence-electron chi connectivity index (χ1n) is 9.26. The van der Waals surface area contributed by atoms with Crippen molar-refractivity contribution in [2.24, 2.45) is 0 Å². The number of sulfonamides is 1. The second-order valence-corrected chi connectivity index (χ2v) is 8.67. The molecule has 2 amide bonds. The number of carbonyl (C=O) groups excluding carboxylic acids is 2. The molecule has 29 heavy (non-hydrogen) atoms. The number of amides is 2. The Bertz CT molecular complexity index is 1010. The summed E-state index contributed by atoms with van der Waals surface area (Å²) in [7, 11) is -3.56. The Morgan fingerprint density at radius 2 is 1.62 bits per heavy atom. The fourth-order valence-corrected chi connectivity index (χ4v) is 4.49. The molecular weight excluding hydrogens is 390 g/mol. The van der Waals surface area contributed by atoms with Crippen molar-refractivity contribution in [2.75, 3.05) is 31.5 Å². The number of hydrogen-bond acceptors (Lipinski definition) is 4. The van der Waals surface area contributed by atoms with Crippen LogP contribution in [0.25, 0.3) is 0 Å². The van der Waals surface area contributed by atoms with Crippen molar-refractivity contribution < 1.29 is 18.0 Å². The molecule has 0 atom stereocenters. The summed E-state index contributed by atoms with van der Waals surface area (Å²) in [6, 6.07) is 15.6. The third-order valence-corrected chi connectivity index (χ3v) is 6.51. The van der Waals surface area contributed by atoms with Gasteiger partial charge in [0.15, 0.2) is 0 Å². The lowest BCUT2D eigenvalue weighted by Gasteiger charge is -2.33. The Morgan fingerprint density at radius 1 is 0.931 bits per heavy atom. The number of aryl methyl sites for hydroxylation is 1. The van der Waals surface area contributed by atoms with Gasteiger partial charge in [0.05, 0.1) is 4.90 Å². The molecular formula is C21H23N3O4S. The Kier molecular flexibility index (Phi) is 6.46. The largest absolute Gasteiger partial charge is 0.337 e. The summed E-state index contributed by atoms with van der Waals surface area (Å²) in [6.07, 6.45) is 2.41. The Morgan fingerprint density at radius 3 is 2.28 bits per heavy atom. The molecule has 1 fully saturated rings. The topological polar surface area (TPSA) is 86.8 Å². The van der Waals surface area contributed by atoms with Crippen molar-refractivity contribution in [1.29, 1.82) is 0 Å². The molecule has 2 aromatic carbocycles. The lowest BCUT2D eigenvalue weighted by atomic mass is 10.2. The van der Waals surface area contributed by atoms with E-state index in [1.54, 1.807) is 36.4 Å². The molecule has 1 heterocycles. The lowest BCUT2D eigenvalue weighted by Crippen LogP contribution is -2.50. The summed E-state index contributed by atoms with van der Waals surface area (Å²) in [6.45, 7) is 2.90. The summed E-state index contributed by atoms with van der Waals surface area (Å²) in [5.41, 5.74) is 1.68. The van der Waals surface area contributed by atoms with Crippen molar-refractivity contribution in [3.8, 4) is 0 Å². The molecule has 0 radical (unpaired) electrons. The molecule has 152 valence electrons. The minimum absolute atomic E-state index is 0.215. The van der Waals surface area contributed by atoms with Crippen LogP contribution in [0.3, 0.4) is 0 Å². The van der Waals surface area contributed by atoms with E-state index in [1.165, 1.54) is 21.4 Å². The number of piperazine rings is 1. The van der Waals surface area contributed by atoms with Gasteiger partial charge in [0, 0.05) is 44.0 Å². The fourth-order valence-electron chi connectivity index (χ4n) is 3.05. The highest BCUT2D eigenvalue weighted by Crippen LogP contribution is 2.17. The molecule has 0 saturated carbocycles. The van der Waals surface area contributed by atoms with Gasteiger partial charge in [-0.05, 0) is 36.8 Å². The Balaban J connectivity index is 1.53. The number of benzene rings is 2. The predicted molar refractivity (Wildman–Crippen MR) is 111 cm³/mol. The van der Waals surface area contributed by atoms with Crippen molar-refractivity contribution in [3.63, 3.8) is 0 Å². The van der Waals surface area contributed by atoms with Crippen molar-refractivity contribution in [1.82, 2.24) is 9.21 Å². The quantitative estimate of drug-likeness (QED) is 0.760. The first-order chi connectivity index (χ1) is 13.9. The van der Waals surface area contributed by atoms with Gasteiger partial charge in [0.25, 0.3) is 0 Å². The average molecular weight is 413 g/mol. The minimum atomic E-state index is -3.56. The van der Waals surface area contributed by atoms with E-state index in [0.717, 1.165) is 5.56 Å². The minimum Gasteiger partial charge on any atom is -0.337 e. The molecule has 2 aromatic rings. The first-order valence-corrected chi connectivity index (χ1v) is 10.7. The lowest BCUT2D eigenvalue weighted by molar-refractivity contribution is -0.127. The maximum absolute atomic E-state index is 12.6. The second kappa shape index (κ2) is 9.02. The maximum atomic E-state index is 12.6. The SMILES string of the molecule is Cc1cccc(NC(=O)/C=C/C(=O)N2CCN(S(=O)(=O)c3ccccc3)CC2)c1. The van der Waals surface area contributed by atoms with Crippen LogP contribution in [0.15, 0.2) is 71.6 Å². The van der Waals surface area contributed by atoms with Gasteiger partial charge in [-0.25, -0.2) is 8.42 Å². The molecule has 1 aliphatic rings. The van der Waals surface area contributed by atoms with Crippen molar-refractivity contribution in [2.45, 2.75) is 11.8 Å². The van der Waals surface area contributed by atoms with Gasteiger partial charge in [0.1, 0.15) is 0 Å². The van der Waals surface area contributed by atoms with E-state index in [2.05, 4.69) is 5.32 Å². The van der Waals surface area contributed by atoms with E-state index in [1.807, 2.05) is 25.1 Å². The van der Waals surface area contributed by atoms with Crippen LogP contribution >= 0.6 is 0 Å². The number of hydrogen-bond donors (Lipinski definition) is 1. The summed E-state index contributed by atoms with van der Waals surface area (Å²) >= 11 is 0. The summed E-state index contributed by atoms with van der Waals surface area (Å²) < 4.78 is 26.6. The smallest absolute Gasteiger partial charge is 0.248 e. The van der Waals surface area contributed by atoms with E-state index in [-0.39, 0.29) is 37.0 Å². The van der Waals surface area contributed by atoms with Crippen LogP contribution in [0, 0.1) is 6.92 Å². The molecule has 8 heteroatoms. The van der Waals surface area contributed by atoms with Gasteiger partial charge in [-0.1, -0.05) is 30.3 Å². The zero-order chi connectivity index (χ0) is 20.9. The normalized spacial score (nSPS) is 15.4. The third-order valence-electron chi connectivity index (χ3n) is 4.59. The second-order valence-electron chi connectivity index (χ2n) is 6.73. The highest BCUT2D eigenvalue weighted by atomic mass is 32.2. The van der Waals surface area contributed by atoms with Gasteiger partial charge < -0.3 is 10.2 Å². The highest BCUT2D eigenvalue weighted by Gasteiger charge is 2.29.